The first-order valence-corrected chi connectivity index (χ1v) is 10.5. The third-order valence-electron chi connectivity index (χ3n) is 4.50. The molecule has 2 aliphatic rings. The standard InChI is InChI=1S/C18H20N2O7S2/c1-10(21)27-8-11-9-29-17-18(26-3,16(24)20(17)14(11)15(23)25-2)19-13(22)7-12-5-4-6-28-12/h4-6,17H,7-9H2,1-3H3,(H,19,22)/t17-,18?/m1/s1. The van der Waals surface area contributed by atoms with Crippen LogP contribution < -0.4 is 5.32 Å². The molecule has 1 aromatic heterocycles. The number of rotatable bonds is 7. The lowest BCUT2D eigenvalue weighted by molar-refractivity contribution is -0.192. The maximum atomic E-state index is 13.0. The molecule has 1 aromatic rings. The number of thiophene rings is 1. The summed E-state index contributed by atoms with van der Waals surface area (Å²) >= 11 is 2.74. The second-order valence-corrected chi connectivity index (χ2v) is 8.41. The normalized spacial score (nSPS) is 23.2. The van der Waals surface area contributed by atoms with Crippen LogP contribution in [0.5, 0.6) is 0 Å². The van der Waals surface area contributed by atoms with E-state index < -0.39 is 28.9 Å². The van der Waals surface area contributed by atoms with Crippen molar-refractivity contribution in [1.82, 2.24) is 10.2 Å². The quantitative estimate of drug-likeness (QED) is 0.374. The fourth-order valence-electron chi connectivity index (χ4n) is 3.15. The highest BCUT2D eigenvalue weighted by molar-refractivity contribution is 8.00. The van der Waals surface area contributed by atoms with Crippen molar-refractivity contribution in [3.63, 3.8) is 0 Å². The molecule has 0 spiro atoms. The van der Waals surface area contributed by atoms with Gasteiger partial charge < -0.3 is 19.5 Å². The Morgan fingerprint density at radius 2 is 2.10 bits per heavy atom. The topological polar surface area (TPSA) is 111 Å². The first-order valence-electron chi connectivity index (χ1n) is 8.61. The van der Waals surface area contributed by atoms with Crippen molar-refractivity contribution in [2.45, 2.75) is 24.4 Å². The van der Waals surface area contributed by atoms with E-state index in [1.54, 1.807) is 0 Å². The van der Waals surface area contributed by atoms with E-state index in [9.17, 15) is 19.2 Å². The van der Waals surface area contributed by atoms with Crippen LogP contribution in [0.3, 0.4) is 0 Å². The molecule has 0 aliphatic carbocycles. The summed E-state index contributed by atoms with van der Waals surface area (Å²) in [6, 6.07) is 3.66. The molecule has 3 heterocycles. The lowest BCUT2D eigenvalue weighted by Gasteiger charge is -2.55. The van der Waals surface area contributed by atoms with Gasteiger partial charge in [-0.05, 0) is 11.4 Å². The maximum absolute atomic E-state index is 13.0. The summed E-state index contributed by atoms with van der Waals surface area (Å²) in [4.78, 5) is 51.1. The largest absolute Gasteiger partial charge is 0.464 e. The monoisotopic (exact) mass is 440 g/mol. The Morgan fingerprint density at radius 3 is 2.69 bits per heavy atom. The fraction of sp³-hybridized carbons (Fsp3) is 0.444. The van der Waals surface area contributed by atoms with Crippen molar-refractivity contribution in [1.29, 1.82) is 0 Å². The van der Waals surface area contributed by atoms with Crippen molar-refractivity contribution >= 4 is 46.9 Å². The molecule has 3 rings (SSSR count). The van der Waals surface area contributed by atoms with E-state index in [2.05, 4.69) is 5.32 Å². The fourth-order valence-corrected chi connectivity index (χ4v) is 5.27. The SMILES string of the molecule is COC(=O)C1=C(COC(C)=O)CS[C@H]2N1C(=O)C2(NC(=O)Cc1cccs1)OC. The minimum Gasteiger partial charge on any atom is -0.464 e. The number of ether oxygens (including phenoxy) is 3. The highest BCUT2D eigenvalue weighted by atomic mass is 32.2. The number of β-lactam (4-membered cyclic amide) rings is 1. The van der Waals surface area contributed by atoms with Crippen LogP contribution in [0.25, 0.3) is 0 Å². The van der Waals surface area contributed by atoms with Crippen molar-refractivity contribution < 1.29 is 33.4 Å². The molecule has 2 atom stereocenters. The Morgan fingerprint density at radius 1 is 1.34 bits per heavy atom. The molecule has 9 nitrogen and oxygen atoms in total. The molecule has 0 saturated carbocycles. The number of nitrogens with zero attached hydrogens (tertiary/aromatic N) is 1. The lowest BCUT2D eigenvalue weighted by atomic mass is 9.98. The lowest BCUT2D eigenvalue weighted by Crippen LogP contribution is -2.80. The number of nitrogens with one attached hydrogen (secondary N) is 1. The second-order valence-electron chi connectivity index (χ2n) is 6.31. The zero-order valence-electron chi connectivity index (χ0n) is 16.1. The van der Waals surface area contributed by atoms with Crippen LogP contribution >= 0.6 is 23.1 Å². The van der Waals surface area contributed by atoms with E-state index in [0.29, 0.717) is 11.3 Å². The predicted octanol–water partition coefficient (Wildman–Crippen LogP) is 0.655. The molecule has 0 radical (unpaired) electrons. The van der Waals surface area contributed by atoms with Crippen molar-refractivity contribution in [3.05, 3.63) is 33.7 Å². The summed E-state index contributed by atoms with van der Waals surface area (Å²) < 4.78 is 15.2. The maximum Gasteiger partial charge on any atom is 0.354 e. The first-order chi connectivity index (χ1) is 13.8. The van der Waals surface area contributed by atoms with E-state index in [1.807, 2.05) is 17.5 Å². The molecular weight excluding hydrogens is 420 g/mol. The smallest absolute Gasteiger partial charge is 0.354 e. The van der Waals surface area contributed by atoms with E-state index in [1.165, 1.54) is 49.1 Å². The Kier molecular flexibility index (Phi) is 6.30. The van der Waals surface area contributed by atoms with Gasteiger partial charge in [-0.2, -0.15) is 0 Å². The average molecular weight is 440 g/mol. The summed E-state index contributed by atoms with van der Waals surface area (Å²) in [6.45, 7) is 1.12. The van der Waals surface area contributed by atoms with Gasteiger partial charge in [0.25, 0.3) is 11.6 Å². The van der Waals surface area contributed by atoms with Gasteiger partial charge in [-0.25, -0.2) is 4.79 Å². The summed E-state index contributed by atoms with van der Waals surface area (Å²) in [5, 5.41) is 3.89. The zero-order valence-corrected chi connectivity index (χ0v) is 17.7. The van der Waals surface area contributed by atoms with E-state index >= 15 is 0 Å². The van der Waals surface area contributed by atoms with Gasteiger partial charge in [-0.15, -0.1) is 23.1 Å². The van der Waals surface area contributed by atoms with Crippen LogP contribution in [-0.2, 0) is 39.8 Å². The number of hydrogen-bond donors (Lipinski definition) is 1. The Bertz CT molecular complexity index is 868. The van der Waals surface area contributed by atoms with E-state index in [-0.39, 0.29) is 24.6 Å². The molecule has 1 N–H and O–H groups in total. The number of carbonyl (C=O) groups excluding carboxylic acids is 4. The second kappa shape index (κ2) is 8.56. The molecule has 2 aliphatic heterocycles. The number of hydrogen-bond acceptors (Lipinski definition) is 9. The van der Waals surface area contributed by atoms with Gasteiger partial charge in [0.15, 0.2) is 0 Å². The number of esters is 2. The Balaban J connectivity index is 1.83. The third-order valence-corrected chi connectivity index (χ3v) is 6.75. The minimum absolute atomic E-state index is 0.0164. The summed E-state index contributed by atoms with van der Waals surface area (Å²) in [5.41, 5.74) is -1.11. The van der Waals surface area contributed by atoms with E-state index in [4.69, 9.17) is 14.2 Å². The van der Waals surface area contributed by atoms with Gasteiger partial charge in [0, 0.05) is 30.2 Å². The third kappa shape index (κ3) is 3.89. The minimum atomic E-state index is -1.58. The van der Waals surface area contributed by atoms with Gasteiger partial charge in [-0.3, -0.25) is 19.3 Å². The van der Waals surface area contributed by atoms with Crippen LogP contribution in [0.1, 0.15) is 11.8 Å². The predicted molar refractivity (Wildman–Crippen MR) is 105 cm³/mol. The van der Waals surface area contributed by atoms with Gasteiger partial charge >= 0.3 is 11.9 Å². The van der Waals surface area contributed by atoms with Crippen LogP contribution in [0, 0.1) is 0 Å². The molecule has 156 valence electrons. The molecule has 11 heteroatoms. The highest BCUT2D eigenvalue weighted by Gasteiger charge is 2.66. The highest BCUT2D eigenvalue weighted by Crippen LogP contribution is 2.46. The average Bonchev–Trinajstić information content (AvgIpc) is 3.21. The number of fused-ring (bicyclic) bond motifs is 1. The van der Waals surface area contributed by atoms with Crippen LogP contribution in [0.15, 0.2) is 28.8 Å². The van der Waals surface area contributed by atoms with Gasteiger partial charge in [0.2, 0.25) is 5.91 Å². The van der Waals surface area contributed by atoms with Crippen LogP contribution in [-0.4, -0.2) is 66.3 Å². The molecule has 2 amide bonds. The molecule has 0 bridgehead atoms. The van der Waals surface area contributed by atoms with Gasteiger partial charge in [0.1, 0.15) is 17.7 Å². The van der Waals surface area contributed by atoms with Crippen molar-refractivity contribution in [3.8, 4) is 0 Å². The van der Waals surface area contributed by atoms with E-state index in [0.717, 1.165) is 4.88 Å². The molecule has 29 heavy (non-hydrogen) atoms. The molecule has 0 aromatic carbocycles. The summed E-state index contributed by atoms with van der Waals surface area (Å²) in [6.07, 6.45) is 0.116. The van der Waals surface area contributed by atoms with Crippen molar-refractivity contribution in [2.75, 3.05) is 26.6 Å². The summed E-state index contributed by atoms with van der Waals surface area (Å²) in [7, 11) is 2.53. The Hall–Kier alpha value is -2.37. The van der Waals surface area contributed by atoms with Crippen LogP contribution in [0.2, 0.25) is 0 Å². The van der Waals surface area contributed by atoms with Crippen LogP contribution in [0.4, 0.5) is 0 Å². The Labute approximate surface area is 175 Å². The number of methoxy groups -OCH3 is 2. The number of thioether (sulfide) groups is 1. The number of amides is 2. The molecule has 1 fully saturated rings. The van der Waals surface area contributed by atoms with Gasteiger partial charge in [0.05, 0.1) is 13.5 Å². The first kappa shape index (κ1) is 21.3. The number of carbonyl (C=O) groups is 4. The molecule has 1 unspecified atom stereocenters. The molecule has 1 saturated heterocycles. The zero-order chi connectivity index (χ0) is 21.2. The summed E-state index contributed by atoms with van der Waals surface area (Å²) in [5.74, 6) is -1.87. The van der Waals surface area contributed by atoms with Gasteiger partial charge in [-0.1, -0.05) is 6.07 Å². The van der Waals surface area contributed by atoms with Crippen molar-refractivity contribution in [2.24, 2.45) is 0 Å². The molecular formula is C18H20N2O7S2.